The molecule has 3 fully saturated rings. The van der Waals surface area contributed by atoms with Crippen LogP contribution in [0.1, 0.15) is 154 Å². The molecule has 0 radical (unpaired) electrons. The van der Waals surface area contributed by atoms with Crippen LogP contribution in [0.2, 0.25) is 0 Å². The number of ether oxygens (including phenoxy) is 2. The number of benzene rings is 3. The van der Waals surface area contributed by atoms with E-state index in [-0.39, 0.29) is 86.0 Å². The largest absolute Gasteiger partial charge is 0.507 e. The Balaban J connectivity index is 1.29. The van der Waals surface area contributed by atoms with Gasteiger partial charge in [-0.15, -0.1) is 0 Å². The summed E-state index contributed by atoms with van der Waals surface area (Å²) in [6.07, 6.45) is 5.33. The minimum Gasteiger partial charge on any atom is -0.507 e. The molecule has 11 unspecified atom stereocenters. The number of phenolic OH excluding ortho intramolecular Hbond substituents is 1. The zero-order chi connectivity index (χ0) is 48.6. The van der Waals surface area contributed by atoms with Gasteiger partial charge in [-0.3, -0.25) is 9.59 Å². The van der Waals surface area contributed by atoms with E-state index in [9.17, 15) is 35.1 Å². The van der Waals surface area contributed by atoms with Gasteiger partial charge < -0.3 is 45.6 Å². The number of phenols is 1. The summed E-state index contributed by atoms with van der Waals surface area (Å²) in [5, 5.41) is 66.5. The van der Waals surface area contributed by atoms with Gasteiger partial charge in [-0.2, -0.15) is 0 Å². The third-order valence-electron chi connectivity index (χ3n) is 16.4. The van der Waals surface area contributed by atoms with Crippen LogP contribution in [0.3, 0.4) is 0 Å². The molecule has 0 spiro atoms. The molecule has 3 aromatic rings. The molecule has 3 saturated carbocycles. The predicted molar refractivity (Wildman–Crippen MR) is 262 cm³/mol. The van der Waals surface area contributed by atoms with Crippen LogP contribution in [0.4, 0.5) is 5.69 Å². The van der Waals surface area contributed by atoms with Crippen molar-refractivity contribution >= 4 is 23.4 Å². The molecule has 12 heteroatoms. The van der Waals surface area contributed by atoms with Gasteiger partial charge in [-0.05, 0) is 135 Å². The summed E-state index contributed by atoms with van der Waals surface area (Å²) in [4.78, 5) is 43.3. The number of likely N-dealkylation sites (N-methyl/N-ethyl adjacent to an activating group) is 1. The molecule has 10 bridgehead atoms. The maximum absolute atomic E-state index is 15.5. The Bertz CT molecular complexity index is 2520. The monoisotopic (exact) mass is 943 g/mol. The van der Waals surface area contributed by atoms with E-state index in [0.717, 1.165) is 49.7 Å². The number of fused-ring (bicyclic) bond motifs is 7. The number of hydrogen-bond acceptors (Lipinski definition) is 12. The van der Waals surface area contributed by atoms with Crippen molar-refractivity contribution in [1.29, 1.82) is 0 Å². The second-order valence-electron chi connectivity index (χ2n) is 21.1. The van der Waals surface area contributed by atoms with Crippen molar-refractivity contribution in [2.24, 2.45) is 23.7 Å². The summed E-state index contributed by atoms with van der Waals surface area (Å²) in [6, 6.07) is 15.3. The third-order valence-corrected chi connectivity index (χ3v) is 16.4. The van der Waals surface area contributed by atoms with Crippen LogP contribution < -0.4 is 15.4 Å². The highest BCUT2D eigenvalue weighted by Gasteiger charge is 2.59. The number of carbonyl (C=O) groups is 3. The first-order chi connectivity index (χ1) is 33.2. The molecule has 7 N–H and O–H groups in total. The van der Waals surface area contributed by atoms with E-state index in [2.05, 4.69) is 22.5 Å². The second kappa shape index (κ2) is 20.7. The molecule has 0 amide bonds. The fraction of sp³-hybridized carbons (Fsp3) is 0.561. The van der Waals surface area contributed by atoms with Crippen LogP contribution >= 0.6 is 0 Å². The summed E-state index contributed by atoms with van der Waals surface area (Å²) < 4.78 is 13.0. The van der Waals surface area contributed by atoms with Crippen LogP contribution in [0, 0.1) is 35.5 Å². The molecule has 9 rings (SSSR count). The zero-order valence-electron chi connectivity index (χ0n) is 40.3. The van der Waals surface area contributed by atoms with Gasteiger partial charge in [0.05, 0.1) is 30.7 Å². The number of ketones is 1. The maximum Gasteiger partial charge on any atom is 0.334 e. The fourth-order valence-corrected chi connectivity index (χ4v) is 13.1. The molecular weight excluding hydrogens is 873 g/mol. The Morgan fingerprint density at radius 1 is 0.870 bits per heavy atom. The van der Waals surface area contributed by atoms with Gasteiger partial charge in [0.25, 0.3) is 0 Å². The lowest BCUT2D eigenvalue weighted by atomic mass is 9.53. The molecule has 11 atom stereocenters. The molecule has 12 nitrogen and oxygen atoms in total. The zero-order valence-corrected chi connectivity index (χ0v) is 40.3. The molecule has 368 valence electrons. The molecule has 3 aromatic carbocycles. The van der Waals surface area contributed by atoms with Gasteiger partial charge in [0, 0.05) is 66.6 Å². The summed E-state index contributed by atoms with van der Waals surface area (Å²) in [5.41, 5.74) is 3.88. The first-order valence-electron chi connectivity index (χ1n) is 25.7. The third kappa shape index (κ3) is 10.1. The van der Waals surface area contributed by atoms with Crippen molar-refractivity contribution in [2.45, 2.75) is 158 Å². The highest BCUT2D eigenvalue weighted by atomic mass is 16.6. The van der Waals surface area contributed by atoms with Crippen LogP contribution in [-0.4, -0.2) is 87.3 Å². The van der Waals surface area contributed by atoms with E-state index in [4.69, 9.17) is 9.47 Å². The van der Waals surface area contributed by atoms with E-state index in [0.29, 0.717) is 64.9 Å². The lowest BCUT2D eigenvalue weighted by molar-refractivity contribution is -0.212. The van der Waals surface area contributed by atoms with Gasteiger partial charge in [-0.25, -0.2) is 4.79 Å². The van der Waals surface area contributed by atoms with Crippen molar-refractivity contribution in [1.82, 2.24) is 5.32 Å². The van der Waals surface area contributed by atoms with Crippen LogP contribution in [-0.2, 0) is 38.4 Å². The average Bonchev–Trinajstić information content (AvgIpc) is 3.33. The molecule has 3 heterocycles. The van der Waals surface area contributed by atoms with E-state index in [1.54, 1.807) is 14.0 Å². The quantitative estimate of drug-likeness (QED) is 0.0641. The number of esters is 2. The SMILES string of the molecule is CCC1CCC2C3Cc4cccc(c4)CC(O)C=C4CC(c5cc(NCC(C)O)cc(C(O)CNC)c5)C#CC5CC(=O)Oc6c5cc(c(O)c6C5CCCCC5)CC(OC4=O)C1(O)C2CCC3=O. The van der Waals surface area contributed by atoms with E-state index in [1.807, 2.05) is 55.5 Å². The van der Waals surface area contributed by atoms with Crippen LogP contribution in [0.5, 0.6) is 11.5 Å². The molecule has 0 saturated heterocycles. The number of aliphatic hydroxyl groups excluding tert-OH is 3. The highest BCUT2D eigenvalue weighted by molar-refractivity contribution is 5.89. The number of anilines is 1. The number of aliphatic hydroxyl groups is 4. The predicted octanol–water partition coefficient (Wildman–Crippen LogP) is 7.37. The maximum atomic E-state index is 15.5. The van der Waals surface area contributed by atoms with Crippen molar-refractivity contribution < 1.29 is 49.4 Å². The number of aromatic hydroxyl groups is 1. The molecule has 69 heavy (non-hydrogen) atoms. The summed E-state index contributed by atoms with van der Waals surface area (Å²) in [7, 11) is 1.75. The standard InChI is InChI=1S/C57H70N2O10/c1-4-42-15-16-45-47-21-34-10-8-9-33(19-34)20-44(61)26-41-22-36(38-23-39(50(63)31-58-3)25-43(24-38)59-30-32(2)60)13-14-37-29-52(64)69-55-46(37)27-40(54(65)53(55)35-11-6-5-7-12-35)28-51(68-56(41)66)57(42,67)48(45)17-18-49(47)62/h8-10,19,23-27,32,35-37,42,44-45,47-48,50-51,58-61,63,65,67H,4-7,11-12,15-18,20-22,28-31H2,1-3H3. The smallest absolute Gasteiger partial charge is 0.334 e. The number of nitrogens with one attached hydrogen (secondary N) is 2. The average molecular weight is 943 g/mol. The normalized spacial score (nSPS) is 30.3. The van der Waals surface area contributed by atoms with Crippen LogP contribution in [0.15, 0.2) is 60.2 Å². The number of hydrogen-bond donors (Lipinski definition) is 7. The second-order valence-corrected chi connectivity index (χ2v) is 21.1. The molecular formula is C57H70N2O10. The van der Waals surface area contributed by atoms with Gasteiger partial charge in [0.2, 0.25) is 0 Å². The first-order valence-corrected chi connectivity index (χ1v) is 25.7. The molecule has 3 aliphatic carbocycles. The van der Waals surface area contributed by atoms with Crippen molar-refractivity contribution in [3.05, 3.63) is 99.1 Å². The summed E-state index contributed by atoms with van der Waals surface area (Å²) in [6.45, 7) is 4.20. The number of rotatable bonds is 9. The lowest BCUT2D eigenvalue weighted by Gasteiger charge is -2.56. The lowest BCUT2D eigenvalue weighted by Crippen LogP contribution is -2.63. The molecule has 0 aromatic heterocycles. The Morgan fingerprint density at radius 2 is 1.64 bits per heavy atom. The van der Waals surface area contributed by atoms with Crippen LogP contribution in [0.25, 0.3) is 0 Å². The van der Waals surface area contributed by atoms with Crippen molar-refractivity contribution in [3.8, 4) is 23.3 Å². The molecule has 3 aliphatic heterocycles. The minimum atomic E-state index is -1.62. The van der Waals surface area contributed by atoms with Gasteiger partial charge in [0.15, 0.2) is 0 Å². The Kier molecular flexibility index (Phi) is 14.7. The first kappa shape index (κ1) is 49.0. The summed E-state index contributed by atoms with van der Waals surface area (Å²) >= 11 is 0. The van der Waals surface area contributed by atoms with Crippen molar-refractivity contribution in [3.63, 3.8) is 0 Å². The van der Waals surface area contributed by atoms with Crippen molar-refractivity contribution in [2.75, 3.05) is 25.5 Å². The Labute approximate surface area is 406 Å². The Hall–Kier alpha value is -5.03. The highest BCUT2D eigenvalue weighted by Crippen LogP contribution is 2.56. The number of Topliss-reactive ketones (excluding diaryl/α,β-unsaturated/α-hetero) is 1. The van der Waals surface area contributed by atoms with Gasteiger partial charge in [0.1, 0.15) is 29.0 Å². The van der Waals surface area contributed by atoms with E-state index >= 15 is 4.79 Å². The fourth-order valence-electron chi connectivity index (χ4n) is 13.1. The number of carbonyl (C=O) groups excluding carboxylic acids is 3. The Morgan fingerprint density at radius 3 is 2.39 bits per heavy atom. The van der Waals surface area contributed by atoms with Gasteiger partial charge in [-0.1, -0.05) is 74.8 Å². The topological polar surface area (TPSA) is 195 Å². The van der Waals surface area contributed by atoms with Gasteiger partial charge >= 0.3 is 11.9 Å². The molecule has 6 aliphatic rings. The summed E-state index contributed by atoms with van der Waals surface area (Å²) in [5.74, 6) is 3.46. The minimum absolute atomic E-state index is 0.0258. The van der Waals surface area contributed by atoms with E-state index < -0.39 is 59.7 Å². The van der Waals surface area contributed by atoms with E-state index in [1.165, 1.54) is 6.08 Å².